The Labute approximate surface area is 254 Å². The number of esters is 1. The minimum atomic E-state index is -1.01. The predicted octanol–water partition coefficient (Wildman–Crippen LogP) is 11.8. The molecule has 0 saturated heterocycles. The molecule has 0 saturated carbocycles. The lowest BCUT2D eigenvalue weighted by Crippen LogP contribution is -2.27. The molecule has 0 aromatic rings. The molecule has 4 heteroatoms. The van der Waals surface area contributed by atoms with Crippen molar-refractivity contribution in [3.63, 3.8) is 0 Å². The van der Waals surface area contributed by atoms with E-state index in [1.165, 1.54) is 96.3 Å². The Morgan fingerprint density at radius 1 is 0.561 bits per heavy atom. The van der Waals surface area contributed by atoms with Crippen LogP contribution in [0.1, 0.15) is 181 Å². The summed E-state index contributed by atoms with van der Waals surface area (Å²) in [5.74, 6) is -1.36. The van der Waals surface area contributed by atoms with E-state index < -0.39 is 12.1 Å². The third kappa shape index (κ3) is 30.9. The van der Waals surface area contributed by atoms with Gasteiger partial charge in [-0.3, -0.25) is 4.79 Å². The second-order valence-electron chi connectivity index (χ2n) is 11.7. The second-order valence-corrected chi connectivity index (χ2v) is 11.7. The number of carboxylic acid groups (broad SMARTS) is 1. The molecule has 0 fully saturated rings. The monoisotopic (exact) mass is 574 g/mol. The first kappa shape index (κ1) is 39.2. The first-order valence-electron chi connectivity index (χ1n) is 17.5. The summed E-state index contributed by atoms with van der Waals surface area (Å²) < 4.78 is 5.29. The van der Waals surface area contributed by atoms with E-state index in [0.29, 0.717) is 12.8 Å². The summed E-state index contributed by atoms with van der Waals surface area (Å²) in [5, 5.41) is 9.43. The molecule has 0 aromatic heterocycles. The highest BCUT2D eigenvalue weighted by Crippen LogP contribution is 2.15. The van der Waals surface area contributed by atoms with Crippen LogP contribution in [0.15, 0.2) is 36.5 Å². The Bertz CT molecular complexity index is 664. The number of carbonyl (C=O) groups excluding carboxylic acids is 1. The van der Waals surface area contributed by atoms with Crippen molar-refractivity contribution >= 4 is 11.9 Å². The number of hydrogen-bond acceptors (Lipinski definition) is 3. The largest absolute Gasteiger partial charge is 0.479 e. The zero-order valence-electron chi connectivity index (χ0n) is 27.1. The fourth-order valence-corrected chi connectivity index (χ4v) is 5.04. The number of carbonyl (C=O) groups is 2. The fraction of sp³-hybridized carbons (Fsp3) is 0.784. The Balaban J connectivity index is 3.57. The Morgan fingerprint density at radius 3 is 1.51 bits per heavy atom. The number of ether oxygens (including phenoxy) is 1. The van der Waals surface area contributed by atoms with Gasteiger partial charge < -0.3 is 9.84 Å². The molecule has 4 nitrogen and oxygen atoms in total. The van der Waals surface area contributed by atoms with Crippen LogP contribution in [0, 0.1) is 0 Å². The van der Waals surface area contributed by atoms with Crippen molar-refractivity contribution < 1.29 is 19.4 Å². The Hall–Kier alpha value is -1.84. The van der Waals surface area contributed by atoms with Crippen LogP contribution in [0.25, 0.3) is 0 Å². The molecule has 0 aromatic carbocycles. The quantitative estimate of drug-likeness (QED) is 0.0508. The molecule has 0 radical (unpaired) electrons. The first-order valence-corrected chi connectivity index (χ1v) is 17.5. The van der Waals surface area contributed by atoms with Crippen molar-refractivity contribution in [1.82, 2.24) is 0 Å². The maximum atomic E-state index is 12.1. The van der Waals surface area contributed by atoms with Gasteiger partial charge in [-0.1, -0.05) is 159 Å². The highest BCUT2D eigenvalue weighted by atomic mass is 16.6. The van der Waals surface area contributed by atoms with Crippen LogP contribution in [0.4, 0.5) is 0 Å². The van der Waals surface area contributed by atoms with Crippen molar-refractivity contribution in [2.75, 3.05) is 0 Å². The molecule has 0 aliphatic rings. The number of carboxylic acids is 1. The predicted molar refractivity (Wildman–Crippen MR) is 176 cm³/mol. The van der Waals surface area contributed by atoms with E-state index in [1.807, 2.05) is 0 Å². The van der Waals surface area contributed by atoms with Gasteiger partial charge in [0.05, 0.1) is 0 Å². The molecule has 0 aliphatic heterocycles. The molecule has 238 valence electrons. The van der Waals surface area contributed by atoms with Crippen LogP contribution >= 0.6 is 0 Å². The number of aliphatic carboxylic acids is 1. The van der Waals surface area contributed by atoms with E-state index in [2.05, 4.69) is 50.3 Å². The van der Waals surface area contributed by atoms with E-state index in [0.717, 1.165) is 57.8 Å². The van der Waals surface area contributed by atoms with Gasteiger partial charge in [0.2, 0.25) is 0 Å². The van der Waals surface area contributed by atoms with Crippen molar-refractivity contribution in [3.05, 3.63) is 36.5 Å². The summed E-state index contributed by atoms with van der Waals surface area (Å²) in [6.45, 7) is 4.41. The minimum absolute atomic E-state index is 0.335. The topological polar surface area (TPSA) is 63.6 Å². The molecule has 0 bridgehead atoms. The van der Waals surface area contributed by atoms with Crippen LogP contribution in [0.3, 0.4) is 0 Å². The highest BCUT2D eigenvalue weighted by Gasteiger charge is 2.21. The smallest absolute Gasteiger partial charge is 0.345 e. The first-order chi connectivity index (χ1) is 20.1. The van der Waals surface area contributed by atoms with Gasteiger partial charge in [0.25, 0.3) is 0 Å². The van der Waals surface area contributed by atoms with Crippen LogP contribution < -0.4 is 0 Å². The minimum Gasteiger partial charge on any atom is -0.479 e. The van der Waals surface area contributed by atoms with Gasteiger partial charge in [0.15, 0.2) is 6.10 Å². The van der Waals surface area contributed by atoms with Gasteiger partial charge in [0.1, 0.15) is 0 Å². The highest BCUT2D eigenvalue weighted by molar-refractivity contribution is 5.77. The normalized spacial score (nSPS) is 12.6. The van der Waals surface area contributed by atoms with Crippen molar-refractivity contribution in [2.24, 2.45) is 0 Å². The number of allylic oxidation sites excluding steroid dienone is 6. The van der Waals surface area contributed by atoms with E-state index in [1.54, 1.807) is 0 Å². The fourth-order valence-electron chi connectivity index (χ4n) is 5.04. The van der Waals surface area contributed by atoms with Gasteiger partial charge >= 0.3 is 11.9 Å². The third-order valence-electron chi connectivity index (χ3n) is 7.65. The van der Waals surface area contributed by atoms with Gasteiger partial charge in [0, 0.05) is 6.42 Å². The molecule has 0 heterocycles. The third-order valence-corrected chi connectivity index (χ3v) is 7.65. The molecule has 1 atom stereocenters. The van der Waals surface area contributed by atoms with Crippen molar-refractivity contribution in [1.29, 1.82) is 0 Å². The summed E-state index contributed by atoms with van der Waals surface area (Å²) in [6.07, 6.45) is 41.7. The second kappa shape index (κ2) is 32.7. The molecule has 0 rings (SSSR count). The molecule has 0 aliphatic carbocycles. The van der Waals surface area contributed by atoms with Crippen LogP contribution in [0.5, 0.6) is 0 Å². The van der Waals surface area contributed by atoms with E-state index >= 15 is 0 Å². The molecule has 0 spiro atoms. The van der Waals surface area contributed by atoms with Crippen molar-refractivity contribution in [3.8, 4) is 0 Å². The Morgan fingerprint density at radius 2 is 1.00 bits per heavy atom. The van der Waals surface area contributed by atoms with Gasteiger partial charge in [-0.05, 0) is 51.4 Å². The average molecular weight is 575 g/mol. The lowest BCUT2D eigenvalue weighted by atomic mass is 10.0. The molecule has 41 heavy (non-hydrogen) atoms. The number of hydrogen-bond donors (Lipinski definition) is 1. The van der Waals surface area contributed by atoms with E-state index in [-0.39, 0.29) is 5.97 Å². The molecular weight excluding hydrogens is 508 g/mol. The zero-order chi connectivity index (χ0) is 30.1. The maximum Gasteiger partial charge on any atom is 0.345 e. The molecular formula is C37H66O4. The summed E-state index contributed by atoms with van der Waals surface area (Å²) in [4.78, 5) is 23.7. The molecule has 1 unspecified atom stereocenters. The maximum absolute atomic E-state index is 12.1. The van der Waals surface area contributed by atoms with Crippen LogP contribution in [-0.2, 0) is 14.3 Å². The van der Waals surface area contributed by atoms with Gasteiger partial charge in [-0.25, -0.2) is 4.79 Å². The Kier molecular flexibility index (Phi) is 31.2. The van der Waals surface area contributed by atoms with Gasteiger partial charge in [-0.15, -0.1) is 0 Å². The van der Waals surface area contributed by atoms with Crippen molar-refractivity contribution in [2.45, 2.75) is 187 Å². The summed E-state index contributed by atoms with van der Waals surface area (Å²) in [7, 11) is 0. The van der Waals surface area contributed by atoms with Crippen LogP contribution in [0.2, 0.25) is 0 Å². The summed E-state index contributed by atoms with van der Waals surface area (Å²) in [5.41, 5.74) is 0. The SMILES string of the molecule is CC/C=C\C/C=C\C/C=C\CCCCCCCCCCCC(=O)OC(CCCCCCCCCCCCC)C(=O)O. The lowest BCUT2D eigenvalue weighted by Gasteiger charge is -2.13. The van der Waals surface area contributed by atoms with Gasteiger partial charge in [-0.2, -0.15) is 0 Å². The molecule has 1 N–H and O–H groups in total. The number of unbranched alkanes of at least 4 members (excludes halogenated alkanes) is 19. The van der Waals surface area contributed by atoms with Crippen LogP contribution in [-0.4, -0.2) is 23.1 Å². The zero-order valence-corrected chi connectivity index (χ0v) is 27.1. The van der Waals surface area contributed by atoms with E-state index in [9.17, 15) is 14.7 Å². The average Bonchev–Trinajstić information content (AvgIpc) is 2.96. The van der Waals surface area contributed by atoms with E-state index in [4.69, 9.17) is 4.74 Å². The lowest BCUT2D eigenvalue weighted by molar-refractivity contribution is -0.164. The standard InChI is InChI=1S/C37H66O4/c1-3-5-7-9-11-13-15-16-17-18-19-20-21-22-24-26-28-30-32-34-36(38)41-35(37(39)40)33-31-29-27-25-23-14-12-10-8-6-4-2/h5,7,11,13,16-17,35H,3-4,6,8-10,12,14-15,18-34H2,1-2H3,(H,39,40)/b7-5-,13-11-,17-16-. The molecule has 0 amide bonds. The summed E-state index contributed by atoms with van der Waals surface area (Å²) in [6, 6.07) is 0. The number of rotatable bonds is 31. The summed E-state index contributed by atoms with van der Waals surface area (Å²) >= 11 is 0.